The molecule has 3 rings (SSSR count). The number of nitrogens with zero attached hydrogens (tertiary/aromatic N) is 3. The summed E-state index contributed by atoms with van der Waals surface area (Å²) in [5.41, 5.74) is 1.80. The Bertz CT molecular complexity index is 872. The van der Waals surface area contributed by atoms with Crippen LogP contribution in [0.1, 0.15) is 11.3 Å². The molecule has 0 bridgehead atoms. The third-order valence-corrected chi connectivity index (χ3v) is 4.56. The zero-order chi connectivity index (χ0) is 16.9. The minimum atomic E-state index is -0.166. The number of carbonyl (C=O) groups is 1. The van der Waals surface area contributed by atoms with Crippen LogP contribution in [0.5, 0.6) is 0 Å². The van der Waals surface area contributed by atoms with Gasteiger partial charge in [-0.15, -0.1) is 0 Å². The van der Waals surface area contributed by atoms with E-state index >= 15 is 0 Å². The van der Waals surface area contributed by atoms with E-state index in [4.69, 9.17) is 0 Å². The molecule has 3 aromatic rings. The topological polar surface area (TPSA) is 55.2 Å². The van der Waals surface area contributed by atoms with E-state index in [0.717, 1.165) is 22.6 Å². The molecule has 1 aromatic carbocycles. The first-order valence-corrected chi connectivity index (χ1v) is 8.43. The number of benzene rings is 1. The van der Waals surface area contributed by atoms with E-state index in [1.54, 1.807) is 22.5 Å². The molecular formula is C18H17N3O2S. The van der Waals surface area contributed by atoms with Gasteiger partial charge in [-0.1, -0.05) is 47.7 Å². The molecule has 122 valence electrons. The molecular weight excluding hydrogens is 322 g/mol. The highest BCUT2D eigenvalue weighted by molar-refractivity contribution is 7.07. The predicted molar refractivity (Wildman–Crippen MR) is 95.2 cm³/mol. The monoisotopic (exact) mass is 339 g/mol. The van der Waals surface area contributed by atoms with Crippen LogP contribution >= 0.6 is 11.3 Å². The number of rotatable bonds is 5. The van der Waals surface area contributed by atoms with Gasteiger partial charge in [0.05, 0.1) is 6.54 Å². The van der Waals surface area contributed by atoms with E-state index in [2.05, 4.69) is 4.98 Å². The molecule has 0 spiro atoms. The molecule has 0 radical (unpaired) electrons. The lowest BCUT2D eigenvalue weighted by molar-refractivity contribution is -0.119. The van der Waals surface area contributed by atoms with Crippen molar-refractivity contribution < 1.29 is 4.79 Å². The summed E-state index contributed by atoms with van der Waals surface area (Å²) in [6, 6.07) is 15.2. The molecule has 1 amide bonds. The third kappa shape index (κ3) is 3.60. The SMILES string of the molecule is Cc1csc(=O)n1CC(=O)N(Cc1ccccc1)c1ccccn1. The molecule has 0 aliphatic heterocycles. The summed E-state index contributed by atoms with van der Waals surface area (Å²) in [5, 5.41) is 1.76. The maximum Gasteiger partial charge on any atom is 0.307 e. The highest BCUT2D eigenvalue weighted by Gasteiger charge is 2.19. The van der Waals surface area contributed by atoms with Crippen molar-refractivity contribution >= 4 is 23.1 Å². The highest BCUT2D eigenvalue weighted by atomic mass is 32.1. The van der Waals surface area contributed by atoms with Crippen LogP contribution in [-0.4, -0.2) is 15.5 Å². The molecule has 2 aromatic heterocycles. The molecule has 0 fully saturated rings. The molecule has 24 heavy (non-hydrogen) atoms. The number of hydrogen-bond acceptors (Lipinski definition) is 4. The first kappa shape index (κ1) is 16.1. The molecule has 0 aliphatic carbocycles. The maximum absolute atomic E-state index is 12.9. The first-order chi connectivity index (χ1) is 11.6. The minimum absolute atomic E-state index is 0.0115. The van der Waals surface area contributed by atoms with E-state index < -0.39 is 0 Å². The van der Waals surface area contributed by atoms with Crippen molar-refractivity contribution in [3.8, 4) is 0 Å². The number of amides is 1. The van der Waals surface area contributed by atoms with Crippen molar-refractivity contribution in [2.24, 2.45) is 0 Å². The van der Waals surface area contributed by atoms with Gasteiger partial charge in [0.1, 0.15) is 12.4 Å². The van der Waals surface area contributed by atoms with Crippen LogP contribution in [0.15, 0.2) is 64.9 Å². The summed E-state index contributed by atoms with van der Waals surface area (Å²) in [6.07, 6.45) is 1.66. The summed E-state index contributed by atoms with van der Waals surface area (Å²) >= 11 is 1.11. The Morgan fingerprint density at radius 1 is 1.17 bits per heavy atom. The van der Waals surface area contributed by atoms with Gasteiger partial charge in [-0.3, -0.25) is 19.1 Å². The number of thiazole rings is 1. The molecule has 0 saturated carbocycles. The second kappa shape index (κ2) is 7.23. The van der Waals surface area contributed by atoms with Crippen LogP contribution in [0.25, 0.3) is 0 Å². The fourth-order valence-corrected chi connectivity index (χ4v) is 3.13. The fraction of sp³-hybridized carbons (Fsp3) is 0.167. The second-order valence-corrected chi connectivity index (χ2v) is 6.20. The molecule has 0 aliphatic rings. The number of aryl methyl sites for hydroxylation is 1. The molecule has 0 atom stereocenters. The number of pyridine rings is 1. The molecule has 0 unspecified atom stereocenters. The van der Waals surface area contributed by atoms with Crippen LogP contribution < -0.4 is 9.77 Å². The Balaban J connectivity index is 1.89. The van der Waals surface area contributed by atoms with Gasteiger partial charge in [-0.05, 0) is 24.6 Å². The number of aromatic nitrogens is 2. The number of hydrogen-bond donors (Lipinski definition) is 0. The average molecular weight is 339 g/mol. The summed E-state index contributed by atoms with van der Waals surface area (Å²) in [5.74, 6) is 0.411. The van der Waals surface area contributed by atoms with E-state index in [9.17, 15) is 9.59 Å². The van der Waals surface area contributed by atoms with Gasteiger partial charge in [0.25, 0.3) is 0 Å². The van der Waals surface area contributed by atoms with Gasteiger partial charge in [-0.25, -0.2) is 4.98 Å². The highest BCUT2D eigenvalue weighted by Crippen LogP contribution is 2.15. The Kier molecular flexibility index (Phi) is 4.86. The maximum atomic E-state index is 12.9. The Morgan fingerprint density at radius 3 is 2.54 bits per heavy atom. The van der Waals surface area contributed by atoms with Gasteiger partial charge in [0.15, 0.2) is 0 Å². The first-order valence-electron chi connectivity index (χ1n) is 7.55. The van der Waals surface area contributed by atoms with Crippen molar-refractivity contribution in [3.63, 3.8) is 0 Å². The Labute approximate surface area is 143 Å². The summed E-state index contributed by atoms with van der Waals surface area (Å²) in [6.45, 7) is 2.25. The molecule has 0 N–H and O–H groups in total. The lowest BCUT2D eigenvalue weighted by Crippen LogP contribution is -2.36. The fourth-order valence-electron chi connectivity index (χ4n) is 2.39. The van der Waals surface area contributed by atoms with E-state index in [-0.39, 0.29) is 17.3 Å². The lowest BCUT2D eigenvalue weighted by atomic mass is 10.2. The number of carbonyl (C=O) groups excluding carboxylic acids is 1. The Hall–Kier alpha value is -2.73. The van der Waals surface area contributed by atoms with E-state index in [0.29, 0.717) is 12.4 Å². The largest absolute Gasteiger partial charge is 0.307 e. The van der Waals surface area contributed by atoms with Gasteiger partial charge in [0, 0.05) is 17.3 Å². The summed E-state index contributed by atoms with van der Waals surface area (Å²) in [7, 11) is 0. The Morgan fingerprint density at radius 2 is 1.92 bits per heavy atom. The zero-order valence-electron chi connectivity index (χ0n) is 13.3. The molecule has 2 heterocycles. The third-order valence-electron chi connectivity index (χ3n) is 3.68. The minimum Gasteiger partial charge on any atom is -0.294 e. The van der Waals surface area contributed by atoms with Crippen molar-refractivity contribution in [1.82, 2.24) is 9.55 Å². The van der Waals surface area contributed by atoms with E-state index in [1.807, 2.05) is 49.4 Å². The van der Waals surface area contributed by atoms with Crippen LogP contribution in [0.2, 0.25) is 0 Å². The van der Waals surface area contributed by atoms with Crippen molar-refractivity contribution in [3.05, 3.63) is 81.0 Å². The van der Waals surface area contributed by atoms with Gasteiger partial charge < -0.3 is 0 Å². The standard InChI is InChI=1S/C18H17N3O2S/c1-14-13-24-18(23)20(14)12-17(22)21(16-9-5-6-10-19-16)11-15-7-3-2-4-8-15/h2-10,13H,11-12H2,1H3. The molecule has 0 saturated heterocycles. The average Bonchev–Trinajstić information content (AvgIpc) is 2.93. The quantitative estimate of drug-likeness (QED) is 0.718. The predicted octanol–water partition coefficient (Wildman–Crippen LogP) is 2.85. The van der Waals surface area contributed by atoms with E-state index in [1.165, 1.54) is 4.57 Å². The second-order valence-electron chi connectivity index (χ2n) is 5.38. The van der Waals surface area contributed by atoms with Gasteiger partial charge >= 0.3 is 4.87 Å². The summed E-state index contributed by atoms with van der Waals surface area (Å²) in [4.78, 5) is 30.5. The molecule has 5 nitrogen and oxygen atoms in total. The number of anilines is 1. The van der Waals surface area contributed by atoms with Crippen molar-refractivity contribution in [2.45, 2.75) is 20.0 Å². The molecule has 6 heteroatoms. The van der Waals surface area contributed by atoms with Gasteiger partial charge in [-0.2, -0.15) is 0 Å². The lowest BCUT2D eigenvalue weighted by Gasteiger charge is -2.22. The van der Waals surface area contributed by atoms with Crippen molar-refractivity contribution in [1.29, 1.82) is 0 Å². The smallest absolute Gasteiger partial charge is 0.294 e. The van der Waals surface area contributed by atoms with Gasteiger partial charge in [0.2, 0.25) is 5.91 Å². The summed E-state index contributed by atoms with van der Waals surface area (Å²) < 4.78 is 1.49. The zero-order valence-corrected chi connectivity index (χ0v) is 14.1. The van der Waals surface area contributed by atoms with Crippen molar-refractivity contribution in [2.75, 3.05) is 4.90 Å². The van der Waals surface area contributed by atoms with Crippen LogP contribution in [-0.2, 0) is 17.9 Å². The normalized spacial score (nSPS) is 10.5. The van der Waals surface area contributed by atoms with Crippen LogP contribution in [0.4, 0.5) is 5.82 Å². The van der Waals surface area contributed by atoms with Crippen LogP contribution in [0, 0.1) is 6.92 Å². The van der Waals surface area contributed by atoms with Crippen LogP contribution in [0.3, 0.4) is 0 Å².